The van der Waals surface area contributed by atoms with E-state index in [9.17, 15) is 52.2 Å². The monoisotopic (exact) mass is 1980 g/mol. The van der Waals surface area contributed by atoms with Gasteiger partial charge in [-0.3, -0.25) is 37.7 Å². The Morgan fingerprint density at radius 2 is 0.573 bits per heavy atom. The summed E-state index contributed by atoms with van der Waals surface area (Å²) < 4.78 is 53.9. The normalized spacial score (nSPS) is 16.4. The predicted molar refractivity (Wildman–Crippen MR) is 573 cm³/mol. The van der Waals surface area contributed by atoms with Crippen molar-refractivity contribution in [1.29, 1.82) is 0 Å². The lowest BCUT2D eigenvalue weighted by molar-refractivity contribution is -0.146. The fourth-order valence-corrected chi connectivity index (χ4v) is 22.6. The first-order valence-corrected chi connectivity index (χ1v) is 54.9. The average Bonchev–Trinajstić information content (AvgIpc) is 1.68. The van der Waals surface area contributed by atoms with Crippen molar-refractivity contribution in [1.82, 2.24) is 5.32 Å². The van der Waals surface area contributed by atoms with Crippen molar-refractivity contribution < 1.29 is 79.8 Å². The van der Waals surface area contributed by atoms with Crippen LogP contribution in [0.3, 0.4) is 0 Å². The summed E-state index contributed by atoms with van der Waals surface area (Å²) in [4.78, 5) is 77.3. The summed E-state index contributed by atoms with van der Waals surface area (Å²) in [6.07, 6.45) is 27.0. The Hall–Kier alpha value is -10.7. The summed E-state index contributed by atoms with van der Waals surface area (Å²) in [5.74, 6) is -0.584. The molecule has 0 saturated heterocycles. The average molecular weight is 1980 g/mol. The summed E-state index contributed by atoms with van der Waals surface area (Å²) in [6, 6.07) is 62.7. The van der Waals surface area contributed by atoms with Gasteiger partial charge in [0.15, 0.2) is 17.1 Å². The standard InChI is InChI=1S/C20H25N.C15H18O3.C15H20O2.C14H20O3S.C13H15O3P.C13H16O2.C13H18O.C11H12O2.C9H10O/c1-3-16-10-18-12-20(13-19(18)11-17(16)4-2)21-14-15-8-6-5-7-9-15;1-4-11-5-12-6-14(18-10(3)17)7-13(12)8-15(11)9(2)16;1-4-11-6-13-8-15(17-10(3)16)9-14(13)7-12(11)5-2;1-4-10-6-12-8-14(17-18(3,15)16)9-13(12)7-11(10)5-2;1-8(14)10-3-4-11-6-13(7-12(11)5-10)16-17-9(2)15;1-3-10-4-5-11-7-13(15-9(2)14)8-12(11)6-10;1-3-9-5-11-7-13(14)8-12(11)6-10(9)4-2;1-8(12)13-11-6-9-4-2-3-5-10(9)7-11;10-9-5-7-3-1-2-4-8(7)6-9/h5-11,20-21H,3-4,12-14H2,1-2H3;5,8,14H,4,6-7H2,1-3H3;6-7,15H,4-5,8-9H2,1-3H3;6-7,14H,4-5,8-9H2,1-3H3;3-5,13,17H,6-7H2,1-2H3;4-6,13H,3,7-8H2,1-2H3;5-6,13-14H,3-4,7-8H2,1-2H3;2-5,11H,6-7H2,1H3;1-4,9-10H,5-6H2. The third-order valence-electron chi connectivity index (χ3n) is 28.4. The van der Waals surface area contributed by atoms with E-state index in [1.807, 2.05) is 55.5 Å². The zero-order chi connectivity index (χ0) is 103. The molecule has 0 aliphatic heterocycles. The molecular weight excluding hydrogens is 1830 g/mol. The van der Waals surface area contributed by atoms with Gasteiger partial charge in [0, 0.05) is 123 Å². The van der Waals surface area contributed by atoms with Gasteiger partial charge < -0.3 is 39.0 Å². The molecule has 0 aromatic heterocycles. The van der Waals surface area contributed by atoms with Crippen molar-refractivity contribution >= 4 is 59.9 Å². The number of rotatable bonds is 24. The van der Waals surface area contributed by atoms with Crippen LogP contribution in [0.1, 0.15) is 300 Å². The topological polar surface area (TPSA) is 261 Å². The van der Waals surface area contributed by atoms with Crippen LogP contribution in [0.2, 0.25) is 0 Å². The molecule has 3 N–H and O–H groups in total. The lowest BCUT2D eigenvalue weighted by atomic mass is 9.96. The maximum atomic E-state index is 11.6. The lowest BCUT2D eigenvalue weighted by Gasteiger charge is -2.11. The van der Waals surface area contributed by atoms with E-state index in [2.05, 4.69) is 195 Å². The van der Waals surface area contributed by atoms with Crippen LogP contribution in [-0.2, 0) is 248 Å². The molecule has 764 valence electrons. The van der Waals surface area contributed by atoms with Crippen LogP contribution >= 0.6 is 8.81 Å². The number of aliphatic hydroxyl groups is 2. The second kappa shape index (κ2) is 54.4. The minimum Gasteiger partial charge on any atom is -0.462 e. The van der Waals surface area contributed by atoms with Crippen molar-refractivity contribution in [3.05, 3.63) is 348 Å². The van der Waals surface area contributed by atoms with E-state index in [1.54, 1.807) is 36.1 Å². The number of nitrogens with one attached hydrogen (secondary N) is 1. The number of benzene rings is 10. The molecule has 0 saturated carbocycles. The van der Waals surface area contributed by atoms with Gasteiger partial charge in [-0.1, -0.05) is 233 Å². The van der Waals surface area contributed by atoms with Gasteiger partial charge in [0.25, 0.3) is 10.1 Å². The van der Waals surface area contributed by atoms with Crippen LogP contribution in [0.5, 0.6) is 0 Å². The van der Waals surface area contributed by atoms with Gasteiger partial charge in [0.05, 0.1) is 39.5 Å². The number of Topliss-reactive ketones (excluding diaryl/α,β-unsaturated/α-hetero) is 2. The van der Waals surface area contributed by atoms with E-state index in [0.29, 0.717) is 18.9 Å². The lowest BCUT2D eigenvalue weighted by Crippen LogP contribution is -2.28. The van der Waals surface area contributed by atoms with Crippen LogP contribution in [0.15, 0.2) is 176 Å². The molecular formula is C123H154NO17PS. The van der Waals surface area contributed by atoms with E-state index in [1.165, 1.54) is 175 Å². The maximum Gasteiger partial charge on any atom is 0.302 e. The number of aryl methyl sites for hydroxylation is 10. The SMILES string of the molecule is CC(=O)OC1Cc2ccccc2C1.CC(=O)POC1Cc2ccc(C(C)=O)cc2C1.CCc1cc2c(cc1C(C)=O)CC(OC(C)=O)C2.CCc1cc2c(cc1CC)CC(NCc1ccccc1)C2.CCc1cc2c(cc1CC)CC(O)C2.CCc1cc2c(cc1CC)CC(OC(C)=O)C2.CCc1cc2c(cc1CC)CC(OS(C)(=O)=O)C2.CCc1ccc2c(c1)CC(OC(C)=O)C2.OC1Cc2ccccc2C1. The Morgan fingerprint density at radius 3 is 0.909 bits per heavy atom. The summed E-state index contributed by atoms with van der Waals surface area (Å²) in [6.45, 7) is 33.4. The first kappa shape index (κ1) is 113. The second-order valence-corrected chi connectivity index (χ2v) is 42.1. The van der Waals surface area contributed by atoms with Gasteiger partial charge >= 0.3 is 23.9 Å². The van der Waals surface area contributed by atoms with Crippen molar-refractivity contribution in [2.24, 2.45) is 0 Å². The third-order valence-corrected chi connectivity index (χ3v) is 29.8. The van der Waals surface area contributed by atoms with E-state index in [-0.39, 0.29) is 98.6 Å². The minimum absolute atomic E-state index is 0.0549. The number of carbonyl (C=O) groups is 7. The molecule has 0 spiro atoms. The van der Waals surface area contributed by atoms with Gasteiger partial charge in [-0.2, -0.15) is 8.42 Å². The molecule has 0 heterocycles. The first-order chi connectivity index (χ1) is 68.5. The van der Waals surface area contributed by atoms with Crippen LogP contribution in [-0.4, -0.2) is 121 Å². The third kappa shape index (κ3) is 33.4. The van der Waals surface area contributed by atoms with Crippen LogP contribution in [0.25, 0.3) is 0 Å². The smallest absolute Gasteiger partial charge is 0.302 e. The fraction of sp³-hybridized carbons (Fsp3) is 0.455. The number of carbonyl (C=O) groups excluding carboxylic acids is 7. The molecule has 4 atom stereocenters. The molecule has 0 fully saturated rings. The van der Waals surface area contributed by atoms with E-state index >= 15 is 0 Å². The Kier molecular flexibility index (Phi) is 42.9. The van der Waals surface area contributed by atoms with Crippen molar-refractivity contribution in [3.63, 3.8) is 0 Å². The highest BCUT2D eigenvalue weighted by Gasteiger charge is 2.33. The van der Waals surface area contributed by atoms with Gasteiger partial charge in [-0.25, -0.2) is 0 Å². The molecule has 18 nitrogen and oxygen atoms in total. The first-order valence-electron chi connectivity index (χ1n) is 52.2. The summed E-state index contributed by atoms with van der Waals surface area (Å²) >= 11 is 0. The molecule has 4 unspecified atom stereocenters. The Balaban J connectivity index is 0.000000154. The van der Waals surface area contributed by atoms with E-state index in [4.69, 9.17) is 27.7 Å². The molecule has 10 aromatic carbocycles. The molecule has 0 bridgehead atoms. The molecule has 143 heavy (non-hydrogen) atoms. The Morgan fingerprint density at radius 1 is 0.294 bits per heavy atom. The largest absolute Gasteiger partial charge is 0.462 e. The molecule has 0 radical (unpaired) electrons. The quantitative estimate of drug-likeness (QED) is 0.0167. The van der Waals surface area contributed by atoms with Crippen molar-refractivity contribution in [3.8, 4) is 0 Å². The fourth-order valence-electron chi connectivity index (χ4n) is 21.5. The highest BCUT2D eigenvalue weighted by Crippen LogP contribution is 2.37. The highest BCUT2D eigenvalue weighted by molar-refractivity contribution is 7.86. The second-order valence-electron chi connectivity index (χ2n) is 39.4. The zero-order valence-electron chi connectivity index (χ0n) is 87.9. The van der Waals surface area contributed by atoms with Gasteiger partial charge in [-0.15, -0.1) is 0 Å². The molecule has 20 heteroatoms. The summed E-state index contributed by atoms with van der Waals surface area (Å²) in [7, 11) is -3.42. The van der Waals surface area contributed by atoms with E-state index in [0.717, 1.165) is 189 Å². The van der Waals surface area contributed by atoms with Crippen LogP contribution < -0.4 is 5.32 Å². The molecule has 19 rings (SSSR count). The summed E-state index contributed by atoms with van der Waals surface area (Å²) in [5.41, 5.74) is 40.9. The predicted octanol–water partition coefficient (Wildman–Crippen LogP) is 21.6. The van der Waals surface area contributed by atoms with E-state index < -0.39 is 10.1 Å². The number of aliphatic hydroxyl groups excluding tert-OH is 2. The number of fused-ring (bicyclic) bond motifs is 9. The molecule has 0 amide bonds. The van der Waals surface area contributed by atoms with Crippen LogP contribution in [0, 0.1) is 0 Å². The van der Waals surface area contributed by atoms with Crippen molar-refractivity contribution in [2.75, 3.05) is 6.26 Å². The zero-order valence-corrected chi connectivity index (χ0v) is 89.7. The number of hydrogen-bond donors (Lipinski definition) is 3. The minimum atomic E-state index is -3.36. The molecule has 9 aliphatic rings. The molecule has 9 aliphatic carbocycles. The van der Waals surface area contributed by atoms with Gasteiger partial charge in [-0.05, 0) is 303 Å². The number of ether oxygens (including phenoxy) is 4. The maximum absolute atomic E-state index is 11.6. The Bertz CT molecular complexity index is 6010. The number of hydrogen-bond acceptors (Lipinski definition) is 18. The summed E-state index contributed by atoms with van der Waals surface area (Å²) in [5, 5.41) is 22.5. The number of esters is 4. The number of ketones is 2. The van der Waals surface area contributed by atoms with Gasteiger partial charge in [0.1, 0.15) is 24.4 Å². The van der Waals surface area contributed by atoms with Gasteiger partial charge in [0.2, 0.25) is 0 Å². The highest BCUT2D eigenvalue weighted by atomic mass is 32.2. The van der Waals surface area contributed by atoms with Crippen molar-refractivity contribution in [2.45, 2.75) is 359 Å². The Labute approximate surface area is 853 Å². The molecule has 10 aromatic rings. The van der Waals surface area contributed by atoms with Crippen LogP contribution in [0.4, 0.5) is 0 Å².